The van der Waals surface area contributed by atoms with E-state index in [-0.39, 0.29) is 0 Å². The van der Waals surface area contributed by atoms with Crippen LogP contribution < -0.4 is 0 Å². The Morgan fingerprint density at radius 2 is 2.23 bits per heavy atom. The molecule has 3 atom stereocenters. The molecule has 0 aromatic heterocycles. The highest BCUT2D eigenvalue weighted by atomic mass is 32.2. The van der Waals surface area contributed by atoms with Crippen molar-refractivity contribution in [3.05, 3.63) is 23.8 Å². The molecule has 0 saturated carbocycles. The van der Waals surface area contributed by atoms with Gasteiger partial charge in [0.05, 0.1) is 0 Å². The van der Waals surface area contributed by atoms with E-state index in [0.29, 0.717) is 17.1 Å². The van der Waals surface area contributed by atoms with Gasteiger partial charge in [0.1, 0.15) is 12.2 Å². The molecule has 0 bridgehead atoms. The van der Waals surface area contributed by atoms with Crippen molar-refractivity contribution in [3.63, 3.8) is 0 Å². The molecule has 0 amide bonds. The summed E-state index contributed by atoms with van der Waals surface area (Å²) >= 11 is 0. The van der Waals surface area contributed by atoms with Crippen LogP contribution in [-0.2, 0) is 10.8 Å². The molecule has 0 fully saturated rings. The lowest BCUT2D eigenvalue weighted by Crippen LogP contribution is -2.30. The van der Waals surface area contributed by atoms with Gasteiger partial charge in [-0.15, -0.1) is 0 Å². The van der Waals surface area contributed by atoms with Crippen LogP contribution in [0.15, 0.2) is 23.8 Å². The standard InChI is InChI=1S/C9H14O3S/c1-2-13(12)6-7-4-3-5-8(10)9(7)11/h3-5,8-11H,2,6H2,1H3/t8-,9+,13-/m0/s1. The van der Waals surface area contributed by atoms with E-state index in [4.69, 9.17) is 0 Å². The fraction of sp³-hybridized carbons (Fsp3) is 0.556. The quantitative estimate of drug-likeness (QED) is 0.676. The second-order valence-corrected chi connectivity index (χ2v) is 4.68. The Morgan fingerprint density at radius 3 is 2.85 bits per heavy atom. The van der Waals surface area contributed by atoms with Gasteiger partial charge in [0, 0.05) is 22.3 Å². The maximum Gasteiger partial charge on any atom is 0.106 e. The highest BCUT2D eigenvalue weighted by Gasteiger charge is 2.21. The van der Waals surface area contributed by atoms with E-state index in [9.17, 15) is 14.4 Å². The summed E-state index contributed by atoms with van der Waals surface area (Å²) in [5.74, 6) is 0.920. The van der Waals surface area contributed by atoms with Gasteiger partial charge in [-0.25, -0.2) is 0 Å². The number of hydrogen-bond acceptors (Lipinski definition) is 3. The van der Waals surface area contributed by atoms with Gasteiger partial charge in [-0.2, -0.15) is 0 Å². The zero-order valence-electron chi connectivity index (χ0n) is 7.51. The van der Waals surface area contributed by atoms with Crippen molar-refractivity contribution in [1.29, 1.82) is 0 Å². The Bertz CT molecular complexity index is 258. The highest BCUT2D eigenvalue weighted by molar-refractivity contribution is 7.85. The first-order valence-electron chi connectivity index (χ1n) is 4.23. The molecule has 13 heavy (non-hydrogen) atoms. The molecule has 1 rings (SSSR count). The molecule has 0 unspecified atom stereocenters. The topological polar surface area (TPSA) is 57.5 Å². The summed E-state index contributed by atoms with van der Waals surface area (Å²) in [4.78, 5) is 0. The fourth-order valence-corrected chi connectivity index (χ4v) is 1.98. The molecule has 1 aliphatic carbocycles. The van der Waals surface area contributed by atoms with Crippen molar-refractivity contribution in [2.45, 2.75) is 19.1 Å². The monoisotopic (exact) mass is 202 g/mol. The third kappa shape index (κ3) is 2.76. The van der Waals surface area contributed by atoms with E-state index >= 15 is 0 Å². The molecular weight excluding hydrogens is 188 g/mol. The van der Waals surface area contributed by atoms with Crippen molar-refractivity contribution in [3.8, 4) is 0 Å². The van der Waals surface area contributed by atoms with Gasteiger partial charge in [0.25, 0.3) is 0 Å². The van der Waals surface area contributed by atoms with Crippen LogP contribution in [0.5, 0.6) is 0 Å². The van der Waals surface area contributed by atoms with E-state index in [1.165, 1.54) is 6.08 Å². The number of aliphatic hydroxyl groups is 2. The van der Waals surface area contributed by atoms with Crippen LogP contribution in [0, 0.1) is 0 Å². The molecule has 1 aliphatic rings. The van der Waals surface area contributed by atoms with Gasteiger partial charge in [-0.3, -0.25) is 4.21 Å². The van der Waals surface area contributed by atoms with Crippen molar-refractivity contribution in [2.24, 2.45) is 0 Å². The molecule has 0 spiro atoms. The van der Waals surface area contributed by atoms with E-state index in [1.807, 2.05) is 6.92 Å². The van der Waals surface area contributed by atoms with Gasteiger partial charge >= 0.3 is 0 Å². The number of hydrogen-bond donors (Lipinski definition) is 2. The molecule has 0 aromatic rings. The minimum Gasteiger partial charge on any atom is -0.386 e. The molecule has 74 valence electrons. The third-order valence-corrected chi connectivity index (χ3v) is 3.27. The average molecular weight is 202 g/mol. The van der Waals surface area contributed by atoms with E-state index in [1.54, 1.807) is 12.2 Å². The smallest absolute Gasteiger partial charge is 0.106 e. The Kier molecular flexibility index (Phi) is 3.84. The van der Waals surface area contributed by atoms with Crippen molar-refractivity contribution in [2.75, 3.05) is 11.5 Å². The van der Waals surface area contributed by atoms with Gasteiger partial charge in [0.2, 0.25) is 0 Å². The second kappa shape index (κ2) is 4.69. The molecular formula is C9H14O3S. The Morgan fingerprint density at radius 1 is 1.54 bits per heavy atom. The lowest BCUT2D eigenvalue weighted by atomic mass is 10.0. The predicted molar refractivity (Wildman–Crippen MR) is 52.8 cm³/mol. The second-order valence-electron chi connectivity index (χ2n) is 2.93. The average Bonchev–Trinajstić information content (AvgIpc) is 2.13. The summed E-state index contributed by atoms with van der Waals surface area (Å²) in [5.41, 5.74) is 0.648. The highest BCUT2D eigenvalue weighted by Crippen LogP contribution is 2.14. The van der Waals surface area contributed by atoms with Crippen LogP contribution in [0.3, 0.4) is 0 Å². The molecule has 0 saturated heterocycles. The molecule has 2 N–H and O–H groups in total. The first kappa shape index (κ1) is 10.6. The van der Waals surface area contributed by atoms with Crippen molar-refractivity contribution < 1.29 is 14.4 Å². The molecule has 0 aromatic carbocycles. The van der Waals surface area contributed by atoms with Gasteiger partial charge in [-0.1, -0.05) is 25.2 Å². The summed E-state index contributed by atoms with van der Waals surface area (Å²) < 4.78 is 11.2. The summed E-state index contributed by atoms with van der Waals surface area (Å²) in [6.45, 7) is 1.83. The third-order valence-electron chi connectivity index (χ3n) is 1.97. The Balaban J connectivity index is 2.63. The zero-order valence-corrected chi connectivity index (χ0v) is 8.33. The summed E-state index contributed by atoms with van der Waals surface area (Å²) in [6, 6.07) is 0. The molecule has 0 radical (unpaired) electrons. The van der Waals surface area contributed by atoms with Crippen LogP contribution in [0.4, 0.5) is 0 Å². The first-order valence-corrected chi connectivity index (χ1v) is 5.72. The summed E-state index contributed by atoms with van der Waals surface area (Å²) in [5, 5.41) is 18.7. The summed E-state index contributed by atoms with van der Waals surface area (Å²) in [7, 11) is -0.933. The van der Waals surface area contributed by atoms with Crippen LogP contribution in [0.25, 0.3) is 0 Å². The maximum atomic E-state index is 11.2. The van der Waals surface area contributed by atoms with Crippen molar-refractivity contribution in [1.82, 2.24) is 0 Å². The van der Waals surface area contributed by atoms with E-state index in [0.717, 1.165) is 0 Å². The normalized spacial score (nSPS) is 29.9. The minimum atomic E-state index is -0.933. The molecule has 3 nitrogen and oxygen atoms in total. The lowest BCUT2D eigenvalue weighted by molar-refractivity contribution is 0.0719. The van der Waals surface area contributed by atoms with E-state index < -0.39 is 23.0 Å². The first-order chi connectivity index (χ1) is 6.15. The molecule has 4 heteroatoms. The Labute approximate surface area is 80.2 Å². The molecule has 0 aliphatic heterocycles. The largest absolute Gasteiger partial charge is 0.386 e. The lowest BCUT2D eigenvalue weighted by Gasteiger charge is -2.20. The van der Waals surface area contributed by atoms with Crippen LogP contribution in [0.2, 0.25) is 0 Å². The van der Waals surface area contributed by atoms with E-state index in [2.05, 4.69) is 0 Å². The summed E-state index contributed by atoms with van der Waals surface area (Å²) in [6.07, 6.45) is 3.17. The Hall–Kier alpha value is -0.450. The maximum absolute atomic E-state index is 11.2. The molecule has 0 heterocycles. The van der Waals surface area contributed by atoms with Gasteiger partial charge in [-0.05, 0) is 5.57 Å². The van der Waals surface area contributed by atoms with Crippen LogP contribution >= 0.6 is 0 Å². The van der Waals surface area contributed by atoms with Gasteiger partial charge in [0.15, 0.2) is 0 Å². The number of allylic oxidation sites excluding steroid dienone is 2. The van der Waals surface area contributed by atoms with Crippen LogP contribution in [0.1, 0.15) is 6.92 Å². The minimum absolute atomic E-state index is 0.346. The van der Waals surface area contributed by atoms with Gasteiger partial charge < -0.3 is 10.2 Å². The number of aliphatic hydroxyl groups excluding tert-OH is 2. The zero-order chi connectivity index (χ0) is 9.84. The SMILES string of the molecule is CC[S@](=O)CC1=CC=C[C@H](O)[C@@H]1O. The van der Waals surface area contributed by atoms with Crippen LogP contribution in [-0.4, -0.2) is 38.1 Å². The fourth-order valence-electron chi connectivity index (χ4n) is 1.14. The predicted octanol–water partition coefficient (Wildman–Crippen LogP) is -0.0270. The van der Waals surface area contributed by atoms with Crippen molar-refractivity contribution >= 4 is 10.8 Å². The number of rotatable bonds is 3.